The highest BCUT2D eigenvalue weighted by Crippen LogP contribution is 2.34. The highest BCUT2D eigenvalue weighted by molar-refractivity contribution is 5.91. The zero-order valence-corrected chi connectivity index (χ0v) is 16.7. The molecule has 1 aliphatic heterocycles. The molecular weight excluding hydrogens is 463 g/mol. The van der Waals surface area contributed by atoms with E-state index in [4.69, 9.17) is 0 Å². The number of nitrogens with zero attached hydrogens (tertiary/aromatic N) is 6. The summed E-state index contributed by atoms with van der Waals surface area (Å²) in [4.78, 5) is 18.8. The maximum Gasteiger partial charge on any atom is 0.453 e. The van der Waals surface area contributed by atoms with Crippen molar-refractivity contribution in [1.82, 2.24) is 34.8 Å². The Kier molecular flexibility index (Phi) is 5.36. The van der Waals surface area contributed by atoms with Gasteiger partial charge in [0.15, 0.2) is 5.82 Å². The molecule has 33 heavy (non-hydrogen) atoms. The predicted molar refractivity (Wildman–Crippen MR) is 95.9 cm³/mol. The molecule has 1 atom stereocenters. The van der Waals surface area contributed by atoms with Crippen molar-refractivity contribution >= 4 is 5.91 Å². The Bertz CT molecular complexity index is 1210. The fraction of sp³-hybridized carbons (Fsp3) is 0.389. The number of rotatable bonds is 3. The highest BCUT2D eigenvalue weighted by Gasteiger charge is 2.38. The van der Waals surface area contributed by atoms with Gasteiger partial charge in [0.25, 0.3) is 11.7 Å². The van der Waals surface area contributed by atoms with Gasteiger partial charge in [-0.25, -0.2) is 14.1 Å². The lowest BCUT2D eigenvalue weighted by atomic mass is 10.0. The van der Waals surface area contributed by atoms with Crippen LogP contribution in [0.5, 0.6) is 0 Å². The first-order valence-corrected chi connectivity index (χ1v) is 9.44. The summed E-state index contributed by atoms with van der Waals surface area (Å²) in [5, 5.41) is 9.86. The summed E-state index contributed by atoms with van der Waals surface area (Å²) in [6.07, 6.45) is -8.31. The van der Waals surface area contributed by atoms with Crippen LogP contribution in [0, 0.1) is 5.82 Å². The standard InChI is InChI=1S/C18H14F7N7O/c1-31-14(28-16(30-31)18(23,24)25)15(33)27-10-3-2-4-32-12(10)6-11(29-32)8-5-13(17(20,21)22)26-7-9(8)19/h5-7,10H,2-4H2,1H3,(H,27,33)/t10-/m0/s1. The molecule has 0 saturated carbocycles. The van der Waals surface area contributed by atoms with E-state index >= 15 is 0 Å². The first-order valence-electron chi connectivity index (χ1n) is 9.44. The molecule has 0 fully saturated rings. The van der Waals surface area contributed by atoms with Crippen molar-refractivity contribution in [2.75, 3.05) is 0 Å². The van der Waals surface area contributed by atoms with E-state index < -0.39 is 53.0 Å². The number of alkyl halides is 6. The molecule has 1 aliphatic rings. The minimum atomic E-state index is -4.83. The van der Waals surface area contributed by atoms with Gasteiger partial charge in [-0.3, -0.25) is 9.48 Å². The van der Waals surface area contributed by atoms with Crippen LogP contribution in [0.15, 0.2) is 18.3 Å². The van der Waals surface area contributed by atoms with Crippen molar-refractivity contribution in [3.63, 3.8) is 0 Å². The summed E-state index contributed by atoms with van der Waals surface area (Å²) >= 11 is 0. The van der Waals surface area contributed by atoms with E-state index in [1.807, 2.05) is 0 Å². The van der Waals surface area contributed by atoms with E-state index in [9.17, 15) is 35.5 Å². The van der Waals surface area contributed by atoms with Gasteiger partial charge in [-0.15, -0.1) is 5.10 Å². The monoisotopic (exact) mass is 477 g/mol. The third-order valence-corrected chi connectivity index (χ3v) is 4.98. The number of halogens is 7. The Morgan fingerprint density at radius 2 is 1.85 bits per heavy atom. The Hall–Kier alpha value is -3.52. The minimum Gasteiger partial charge on any atom is -0.341 e. The maximum atomic E-state index is 14.2. The predicted octanol–water partition coefficient (Wildman–Crippen LogP) is 3.52. The fourth-order valence-corrected chi connectivity index (χ4v) is 3.48. The number of fused-ring (bicyclic) bond motifs is 1. The number of carbonyl (C=O) groups is 1. The summed E-state index contributed by atoms with van der Waals surface area (Å²) in [6.45, 7) is 0.350. The van der Waals surface area contributed by atoms with Gasteiger partial charge in [0, 0.05) is 19.2 Å². The molecule has 15 heteroatoms. The van der Waals surface area contributed by atoms with Crippen molar-refractivity contribution < 1.29 is 35.5 Å². The molecule has 0 spiro atoms. The van der Waals surface area contributed by atoms with Crippen LogP contribution in [0.25, 0.3) is 11.3 Å². The maximum absolute atomic E-state index is 14.2. The zero-order chi connectivity index (χ0) is 24.1. The minimum absolute atomic E-state index is 0.102. The Morgan fingerprint density at radius 3 is 2.48 bits per heavy atom. The number of carbonyl (C=O) groups excluding carboxylic acids is 1. The van der Waals surface area contributed by atoms with Crippen LogP contribution in [-0.4, -0.2) is 35.4 Å². The van der Waals surface area contributed by atoms with Crippen LogP contribution in [0.1, 0.15) is 46.7 Å². The zero-order valence-electron chi connectivity index (χ0n) is 16.7. The molecule has 0 aliphatic carbocycles. The van der Waals surface area contributed by atoms with Crippen LogP contribution in [-0.2, 0) is 25.9 Å². The number of hydrogen-bond acceptors (Lipinski definition) is 5. The van der Waals surface area contributed by atoms with E-state index in [0.717, 1.165) is 7.05 Å². The van der Waals surface area contributed by atoms with Crippen LogP contribution >= 0.6 is 0 Å². The average molecular weight is 477 g/mol. The van der Waals surface area contributed by atoms with E-state index in [1.54, 1.807) is 0 Å². The van der Waals surface area contributed by atoms with Gasteiger partial charge in [0.2, 0.25) is 5.82 Å². The molecule has 8 nitrogen and oxygen atoms in total. The van der Waals surface area contributed by atoms with Crippen LogP contribution in [0.4, 0.5) is 30.7 Å². The van der Waals surface area contributed by atoms with E-state index in [0.29, 0.717) is 42.0 Å². The third-order valence-electron chi connectivity index (χ3n) is 4.98. The van der Waals surface area contributed by atoms with Crippen molar-refractivity contribution in [2.24, 2.45) is 7.05 Å². The van der Waals surface area contributed by atoms with Crippen LogP contribution < -0.4 is 5.32 Å². The fourth-order valence-electron chi connectivity index (χ4n) is 3.48. The molecule has 3 aromatic rings. The number of aryl methyl sites for hydroxylation is 2. The van der Waals surface area contributed by atoms with Gasteiger partial charge in [0.1, 0.15) is 5.69 Å². The molecule has 1 amide bonds. The second-order valence-corrected chi connectivity index (χ2v) is 7.27. The molecule has 176 valence electrons. The normalized spacial score (nSPS) is 16.5. The van der Waals surface area contributed by atoms with Gasteiger partial charge in [0.05, 0.1) is 23.6 Å². The Morgan fingerprint density at radius 1 is 1.12 bits per heavy atom. The molecule has 1 N–H and O–H groups in total. The number of nitrogens with one attached hydrogen (secondary N) is 1. The lowest BCUT2D eigenvalue weighted by Crippen LogP contribution is -2.34. The lowest BCUT2D eigenvalue weighted by molar-refractivity contribution is -0.145. The van der Waals surface area contributed by atoms with E-state index in [2.05, 4.69) is 25.5 Å². The molecule has 3 aromatic heterocycles. The SMILES string of the molecule is Cn1nc(C(F)(F)F)nc1C(=O)N[C@H]1CCCn2nc(-c3cc(C(F)(F)F)ncc3F)cc21. The quantitative estimate of drug-likeness (QED) is 0.584. The summed E-state index contributed by atoms with van der Waals surface area (Å²) < 4.78 is 93.7. The van der Waals surface area contributed by atoms with Crippen molar-refractivity contribution in [3.8, 4) is 11.3 Å². The van der Waals surface area contributed by atoms with Crippen molar-refractivity contribution in [3.05, 3.63) is 47.2 Å². The average Bonchev–Trinajstić information content (AvgIpc) is 3.31. The Balaban J connectivity index is 1.63. The smallest absolute Gasteiger partial charge is 0.341 e. The molecular formula is C18H14F7N7O. The van der Waals surface area contributed by atoms with Gasteiger partial charge in [-0.1, -0.05) is 0 Å². The summed E-state index contributed by atoms with van der Waals surface area (Å²) in [5.74, 6) is -4.00. The molecule has 0 saturated heterocycles. The first-order chi connectivity index (χ1) is 15.3. The van der Waals surface area contributed by atoms with Gasteiger partial charge in [-0.2, -0.15) is 36.4 Å². The molecule has 4 rings (SSSR count). The van der Waals surface area contributed by atoms with E-state index in [-0.39, 0.29) is 5.69 Å². The van der Waals surface area contributed by atoms with Gasteiger partial charge >= 0.3 is 12.4 Å². The number of amides is 1. The van der Waals surface area contributed by atoms with Crippen molar-refractivity contribution in [2.45, 2.75) is 37.8 Å². The number of hydrogen-bond donors (Lipinski definition) is 1. The topological polar surface area (TPSA) is 90.5 Å². The lowest BCUT2D eigenvalue weighted by Gasteiger charge is -2.24. The highest BCUT2D eigenvalue weighted by atomic mass is 19.4. The molecule has 0 radical (unpaired) electrons. The largest absolute Gasteiger partial charge is 0.453 e. The first kappa shape index (κ1) is 22.7. The van der Waals surface area contributed by atoms with Crippen LogP contribution in [0.2, 0.25) is 0 Å². The Labute approximate surface area is 180 Å². The number of aromatic nitrogens is 6. The summed E-state index contributed by atoms with van der Waals surface area (Å²) in [5.41, 5.74) is -1.47. The molecule has 0 bridgehead atoms. The summed E-state index contributed by atoms with van der Waals surface area (Å²) in [7, 11) is 1.13. The summed E-state index contributed by atoms with van der Waals surface area (Å²) in [6, 6.07) is 1.11. The van der Waals surface area contributed by atoms with E-state index in [1.165, 1.54) is 10.7 Å². The van der Waals surface area contributed by atoms with Crippen molar-refractivity contribution in [1.29, 1.82) is 0 Å². The van der Waals surface area contributed by atoms with Crippen LogP contribution in [0.3, 0.4) is 0 Å². The second kappa shape index (κ2) is 7.81. The molecule has 0 unspecified atom stereocenters. The van der Waals surface area contributed by atoms with Gasteiger partial charge in [-0.05, 0) is 25.0 Å². The van der Waals surface area contributed by atoms with Gasteiger partial charge < -0.3 is 5.32 Å². The third kappa shape index (κ3) is 4.39. The molecule has 0 aromatic carbocycles. The number of pyridine rings is 1. The molecule has 4 heterocycles. The second-order valence-electron chi connectivity index (χ2n) is 7.27.